The lowest BCUT2D eigenvalue weighted by atomic mass is 10.0. The zero-order chi connectivity index (χ0) is 39.1. The van der Waals surface area contributed by atoms with Crippen molar-refractivity contribution in [1.29, 1.82) is 0 Å². The summed E-state index contributed by atoms with van der Waals surface area (Å²) in [5, 5.41) is 5.55. The number of ether oxygens (including phenoxy) is 4. The van der Waals surface area contributed by atoms with Crippen molar-refractivity contribution in [3.8, 4) is 11.8 Å². The van der Waals surface area contributed by atoms with Crippen LogP contribution in [-0.2, 0) is 49.5 Å². The maximum Gasteiger partial charge on any atom is 0.229 e. The molecule has 13 heteroatoms. The number of nitrogens with zero attached hydrogens (tertiary/aromatic N) is 2. The van der Waals surface area contributed by atoms with E-state index < -0.39 is 6.04 Å². The molecule has 2 N–H and O–H groups in total. The molecule has 2 aromatic rings. The first kappa shape index (κ1) is 43.8. The second kappa shape index (κ2) is 24.7. The SMILES string of the molecule is CC(=O)C(NC(=O)CCCC(=O)N(C)CCOCCOCCOCCOCCC(=O)NCCC(=O)N1Cc2ccccc2C#Cc2ccccc21)C(C)C. The normalized spacial score (nSPS) is 12.4. The van der Waals surface area contributed by atoms with E-state index in [0.717, 1.165) is 22.4 Å². The Labute approximate surface area is 319 Å². The van der Waals surface area contributed by atoms with Gasteiger partial charge < -0.3 is 39.4 Å². The fraction of sp³-hybridized carbons (Fsp3) is 0.537. The fourth-order valence-corrected chi connectivity index (χ4v) is 5.57. The lowest BCUT2D eigenvalue weighted by Crippen LogP contribution is -2.43. The molecule has 0 aliphatic carbocycles. The molecule has 0 aromatic heterocycles. The molecule has 54 heavy (non-hydrogen) atoms. The Morgan fingerprint density at radius 3 is 2.00 bits per heavy atom. The maximum atomic E-state index is 13.3. The maximum absolute atomic E-state index is 13.3. The average Bonchev–Trinajstić information content (AvgIpc) is 3.14. The monoisotopic (exact) mass is 748 g/mol. The van der Waals surface area contributed by atoms with Gasteiger partial charge in [-0.3, -0.25) is 24.0 Å². The van der Waals surface area contributed by atoms with Gasteiger partial charge in [0.15, 0.2) is 5.78 Å². The Kier molecular flexibility index (Phi) is 20.0. The summed E-state index contributed by atoms with van der Waals surface area (Å²) in [6.45, 7) is 9.13. The Bertz CT molecular complexity index is 1590. The lowest BCUT2D eigenvalue weighted by Gasteiger charge is -2.26. The third kappa shape index (κ3) is 16.2. The van der Waals surface area contributed by atoms with Gasteiger partial charge in [0.2, 0.25) is 23.6 Å². The number of carbonyl (C=O) groups excluding carboxylic acids is 5. The van der Waals surface area contributed by atoms with Crippen LogP contribution in [0.5, 0.6) is 0 Å². The number of rotatable bonds is 25. The van der Waals surface area contributed by atoms with Gasteiger partial charge in [0.25, 0.3) is 0 Å². The van der Waals surface area contributed by atoms with Crippen molar-refractivity contribution in [2.45, 2.75) is 65.5 Å². The van der Waals surface area contributed by atoms with E-state index >= 15 is 0 Å². The molecule has 294 valence electrons. The van der Waals surface area contributed by atoms with Gasteiger partial charge in [-0.1, -0.05) is 56.0 Å². The lowest BCUT2D eigenvalue weighted by molar-refractivity contribution is -0.131. The first-order valence-electron chi connectivity index (χ1n) is 18.7. The van der Waals surface area contributed by atoms with Crippen molar-refractivity contribution < 1.29 is 42.9 Å². The van der Waals surface area contributed by atoms with Crippen LogP contribution in [0.4, 0.5) is 5.69 Å². The topological polar surface area (TPSA) is 153 Å². The van der Waals surface area contributed by atoms with Gasteiger partial charge >= 0.3 is 0 Å². The van der Waals surface area contributed by atoms with Gasteiger partial charge in [0.05, 0.1) is 71.1 Å². The molecular weight excluding hydrogens is 692 g/mol. The number of anilines is 1. The molecule has 1 aliphatic heterocycles. The first-order valence-corrected chi connectivity index (χ1v) is 18.7. The number of ketones is 1. The van der Waals surface area contributed by atoms with E-state index in [1.54, 1.807) is 16.8 Å². The standard InChI is InChI=1S/C41H56N4O9/c1-31(2)41(32(3)46)43-38(48)14-9-15-39(49)44(4)21-23-52-25-27-54-29-28-53-26-24-51-22-19-37(47)42-20-18-40(50)45-30-35-12-6-5-10-33(35)16-17-34-11-7-8-13-36(34)45/h5-8,10-13,31,41H,9,14-15,18-30H2,1-4H3,(H,42,47)(H,43,48). The first-order chi connectivity index (χ1) is 26.1. The van der Waals surface area contributed by atoms with E-state index in [1.807, 2.05) is 62.4 Å². The third-order valence-corrected chi connectivity index (χ3v) is 8.64. The van der Waals surface area contributed by atoms with Crippen molar-refractivity contribution in [2.24, 2.45) is 5.92 Å². The molecule has 0 radical (unpaired) electrons. The molecule has 0 saturated heterocycles. The summed E-state index contributed by atoms with van der Waals surface area (Å²) >= 11 is 0. The molecule has 1 heterocycles. The molecule has 0 bridgehead atoms. The van der Waals surface area contributed by atoms with Crippen LogP contribution in [0.2, 0.25) is 0 Å². The number of carbonyl (C=O) groups is 5. The summed E-state index contributed by atoms with van der Waals surface area (Å²) in [5.74, 6) is 5.75. The zero-order valence-electron chi connectivity index (χ0n) is 32.2. The van der Waals surface area contributed by atoms with Crippen LogP contribution in [0.25, 0.3) is 0 Å². The predicted molar refractivity (Wildman–Crippen MR) is 205 cm³/mol. The zero-order valence-corrected chi connectivity index (χ0v) is 32.2. The summed E-state index contributed by atoms with van der Waals surface area (Å²) < 4.78 is 22.0. The van der Waals surface area contributed by atoms with E-state index in [9.17, 15) is 24.0 Å². The molecule has 0 fully saturated rings. The van der Waals surface area contributed by atoms with Gasteiger partial charge in [-0.2, -0.15) is 0 Å². The number of fused-ring (bicyclic) bond motifs is 2. The van der Waals surface area contributed by atoms with E-state index in [-0.39, 0.29) is 74.2 Å². The summed E-state index contributed by atoms with van der Waals surface area (Å²) in [6.07, 6.45) is 1.18. The average molecular weight is 749 g/mol. The molecule has 1 aliphatic rings. The number of amides is 4. The van der Waals surface area contributed by atoms with Gasteiger partial charge in [0.1, 0.15) is 0 Å². The Morgan fingerprint density at radius 1 is 0.741 bits per heavy atom. The Hall–Kier alpha value is -4.61. The number of nitrogens with one attached hydrogen (secondary N) is 2. The van der Waals surface area contributed by atoms with Crippen LogP contribution in [0.15, 0.2) is 48.5 Å². The highest BCUT2D eigenvalue weighted by atomic mass is 16.6. The highest BCUT2D eigenvalue weighted by molar-refractivity contribution is 5.95. The number of benzene rings is 2. The van der Waals surface area contributed by atoms with E-state index in [4.69, 9.17) is 18.9 Å². The number of hydrogen-bond donors (Lipinski definition) is 2. The van der Waals surface area contributed by atoms with Gasteiger partial charge in [-0.15, -0.1) is 0 Å². The van der Waals surface area contributed by atoms with E-state index in [2.05, 4.69) is 22.5 Å². The van der Waals surface area contributed by atoms with Crippen LogP contribution in [0, 0.1) is 17.8 Å². The van der Waals surface area contributed by atoms with Gasteiger partial charge in [-0.25, -0.2) is 0 Å². The minimum absolute atomic E-state index is 0.0125. The highest BCUT2D eigenvalue weighted by Gasteiger charge is 2.22. The summed E-state index contributed by atoms with van der Waals surface area (Å²) in [5.41, 5.74) is 3.43. The molecular formula is C41H56N4O9. The van der Waals surface area contributed by atoms with Gasteiger partial charge in [-0.05, 0) is 43.0 Å². The number of hydrogen-bond acceptors (Lipinski definition) is 9. The van der Waals surface area contributed by atoms with Crippen molar-refractivity contribution in [3.63, 3.8) is 0 Å². The van der Waals surface area contributed by atoms with Crippen LogP contribution >= 0.6 is 0 Å². The minimum atomic E-state index is -0.502. The predicted octanol–water partition coefficient (Wildman–Crippen LogP) is 3.25. The van der Waals surface area contributed by atoms with Crippen molar-refractivity contribution >= 4 is 35.1 Å². The number of likely N-dealkylation sites (N-methyl/N-ethyl adjacent to an activating group) is 1. The Balaban J connectivity index is 1.13. The smallest absolute Gasteiger partial charge is 0.229 e. The van der Waals surface area contributed by atoms with Crippen molar-refractivity contribution in [2.75, 3.05) is 77.9 Å². The molecule has 1 unspecified atom stereocenters. The second-order valence-electron chi connectivity index (χ2n) is 13.3. The molecule has 13 nitrogen and oxygen atoms in total. The number of Topliss-reactive ketones (excluding diaryl/α,β-unsaturated/α-hetero) is 1. The summed E-state index contributed by atoms with van der Waals surface area (Å²) in [6, 6.07) is 14.9. The largest absolute Gasteiger partial charge is 0.379 e. The molecule has 3 rings (SSSR count). The van der Waals surface area contributed by atoms with Crippen LogP contribution in [-0.4, -0.2) is 113 Å². The van der Waals surface area contributed by atoms with Crippen LogP contribution in [0.1, 0.15) is 69.6 Å². The molecule has 1 atom stereocenters. The molecule has 0 saturated carbocycles. The van der Waals surface area contributed by atoms with Crippen molar-refractivity contribution in [1.82, 2.24) is 15.5 Å². The molecule has 0 spiro atoms. The summed E-state index contributed by atoms with van der Waals surface area (Å²) in [4.78, 5) is 65.0. The third-order valence-electron chi connectivity index (χ3n) is 8.64. The fourth-order valence-electron chi connectivity index (χ4n) is 5.57. The summed E-state index contributed by atoms with van der Waals surface area (Å²) in [7, 11) is 1.70. The Morgan fingerprint density at radius 2 is 1.33 bits per heavy atom. The minimum Gasteiger partial charge on any atom is -0.379 e. The quantitative estimate of drug-likeness (QED) is 0.115. The van der Waals surface area contributed by atoms with Gasteiger partial charge in [0, 0.05) is 56.9 Å². The van der Waals surface area contributed by atoms with E-state index in [0.29, 0.717) is 65.8 Å². The second-order valence-corrected chi connectivity index (χ2v) is 13.3. The number of para-hydroxylation sites is 1. The molecule has 4 amide bonds. The van der Waals surface area contributed by atoms with Crippen LogP contribution < -0.4 is 15.5 Å². The van der Waals surface area contributed by atoms with Crippen LogP contribution in [0.3, 0.4) is 0 Å². The molecule has 2 aromatic carbocycles. The van der Waals surface area contributed by atoms with Crippen molar-refractivity contribution in [3.05, 3.63) is 65.2 Å². The van der Waals surface area contributed by atoms with E-state index in [1.165, 1.54) is 6.92 Å². The highest BCUT2D eigenvalue weighted by Crippen LogP contribution is 2.25.